The molecule has 0 heterocycles. The molecule has 3 nitrogen and oxygen atoms in total. The second kappa shape index (κ2) is 6.72. The monoisotopic (exact) mass is 279 g/mol. The van der Waals surface area contributed by atoms with Crippen molar-refractivity contribution in [2.24, 2.45) is 11.3 Å². The third-order valence-electron chi connectivity index (χ3n) is 3.18. The van der Waals surface area contributed by atoms with Crippen LogP contribution in [0, 0.1) is 22.7 Å². The summed E-state index contributed by atoms with van der Waals surface area (Å²) in [6, 6.07) is 7.26. The normalized spacial score (nSPS) is 12.6. The zero-order valence-electron chi connectivity index (χ0n) is 11.9. The van der Waals surface area contributed by atoms with Crippen LogP contribution in [0.5, 0.6) is 11.5 Å². The van der Waals surface area contributed by atoms with Gasteiger partial charge in [-0.25, -0.2) is 0 Å². The summed E-state index contributed by atoms with van der Waals surface area (Å²) in [7, 11) is 1.57. The Balaban J connectivity index is 2.80. The Morgan fingerprint density at radius 1 is 1.32 bits per heavy atom. The summed E-state index contributed by atoms with van der Waals surface area (Å²) in [5, 5.41) is 8.85. The Bertz CT molecular complexity index is 460. The van der Waals surface area contributed by atoms with Gasteiger partial charge in [0, 0.05) is 12.0 Å². The van der Waals surface area contributed by atoms with Crippen molar-refractivity contribution in [1.29, 1.82) is 5.26 Å². The third kappa shape index (κ3) is 4.36. The fourth-order valence-corrected chi connectivity index (χ4v) is 2.28. The van der Waals surface area contributed by atoms with Gasteiger partial charge >= 0.3 is 0 Å². The Labute approximate surface area is 120 Å². The van der Waals surface area contributed by atoms with Gasteiger partial charge in [-0.15, -0.1) is 0 Å². The molecule has 0 aliphatic rings. The summed E-state index contributed by atoms with van der Waals surface area (Å²) in [4.78, 5) is 0. The lowest BCUT2D eigenvalue weighted by Gasteiger charge is -2.29. The number of hydrogen-bond donors (Lipinski definition) is 1. The standard InChI is InChI=1S/C15H21NO2S/c1-15(2,3)12(10-19)9-18-13-6-5-11(8-16)7-14(13)17-4/h5-7,12,19H,9-10H2,1-4H3. The molecular formula is C15H21NO2S. The number of thiol groups is 1. The maximum Gasteiger partial charge on any atom is 0.162 e. The molecule has 1 atom stereocenters. The van der Waals surface area contributed by atoms with Crippen molar-refractivity contribution in [3.8, 4) is 17.6 Å². The van der Waals surface area contributed by atoms with Crippen LogP contribution in [-0.2, 0) is 0 Å². The average Bonchev–Trinajstić information content (AvgIpc) is 2.38. The van der Waals surface area contributed by atoms with E-state index in [9.17, 15) is 0 Å². The lowest BCUT2D eigenvalue weighted by Crippen LogP contribution is -2.28. The van der Waals surface area contributed by atoms with E-state index in [0.717, 1.165) is 5.75 Å². The van der Waals surface area contributed by atoms with Crippen LogP contribution in [0.2, 0.25) is 0 Å². The van der Waals surface area contributed by atoms with Gasteiger partial charge in [0.25, 0.3) is 0 Å². The summed E-state index contributed by atoms with van der Waals surface area (Å²) >= 11 is 4.38. The molecule has 4 heteroatoms. The van der Waals surface area contributed by atoms with Crippen LogP contribution >= 0.6 is 12.6 Å². The van der Waals surface area contributed by atoms with Crippen molar-refractivity contribution in [2.45, 2.75) is 20.8 Å². The van der Waals surface area contributed by atoms with E-state index in [1.54, 1.807) is 25.3 Å². The average molecular weight is 279 g/mol. The molecule has 0 aliphatic carbocycles. The second-order valence-corrected chi connectivity index (χ2v) is 5.90. The van der Waals surface area contributed by atoms with Gasteiger partial charge in [-0.3, -0.25) is 0 Å². The lowest BCUT2D eigenvalue weighted by atomic mass is 9.82. The van der Waals surface area contributed by atoms with E-state index in [2.05, 4.69) is 39.5 Å². The van der Waals surface area contributed by atoms with Crippen molar-refractivity contribution >= 4 is 12.6 Å². The van der Waals surface area contributed by atoms with E-state index in [-0.39, 0.29) is 5.41 Å². The Morgan fingerprint density at radius 2 is 2.00 bits per heavy atom. The predicted molar refractivity (Wildman–Crippen MR) is 80.0 cm³/mol. The van der Waals surface area contributed by atoms with E-state index >= 15 is 0 Å². The number of nitriles is 1. The Morgan fingerprint density at radius 3 is 2.47 bits per heavy atom. The molecule has 1 aromatic rings. The highest BCUT2D eigenvalue weighted by Crippen LogP contribution is 2.31. The van der Waals surface area contributed by atoms with E-state index in [1.807, 2.05) is 0 Å². The molecule has 0 saturated carbocycles. The van der Waals surface area contributed by atoms with Crippen molar-refractivity contribution in [2.75, 3.05) is 19.5 Å². The van der Waals surface area contributed by atoms with Crippen LogP contribution < -0.4 is 9.47 Å². The fourth-order valence-electron chi connectivity index (χ4n) is 1.62. The minimum atomic E-state index is 0.140. The zero-order valence-corrected chi connectivity index (χ0v) is 12.8. The van der Waals surface area contributed by atoms with Crippen molar-refractivity contribution < 1.29 is 9.47 Å². The smallest absolute Gasteiger partial charge is 0.162 e. The van der Waals surface area contributed by atoms with Gasteiger partial charge in [0.1, 0.15) is 0 Å². The van der Waals surface area contributed by atoms with Gasteiger partial charge in [-0.05, 0) is 23.3 Å². The first kappa shape index (κ1) is 15.7. The largest absolute Gasteiger partial charge is 0.493 e. The van der Waals surface area contributed by atoms with Crippen LogP contribution in [-0.4, -0.2) is 19.5 Å². The van der Waals surface area contributed by atoms with Crippen LogP contribution in [0.4, 0.5) is 0 Å². The van der Waals surface area contributed by atoms with E-state index in [0.29, 0.717) is 29.6 Å². The maximum atomic E-state index is 8.85. The first-order valence-electron chi connectivity index (χ1n) is 6.24. The molecule has 0 aliphatic heterocycles. The van der Waals surface area contributed by atoms with Crippen LogP contribution in [0.3, 0.4) is 0 Å². The lowest BCUT2D eigenvalue weighted by molar-refractivity contribution is 0.161. The molecule has 1 rings (SSSR count). The SMILES string of the molecule is COc1cc(C#N)ccc1OCC(CS)C(C)(C)C. The zero-order chi connectivity index (χ0) is 14.5. The molecule has 19 heavy (non-hydrogen) atoms. The molecule has 0 aromatic heterocycles. The molecule has 0 N–H and O–H groups in total. The summed E-state index contributed by atoms with van der Waals surface area (Å²) in [5.74, 6) is 2.36. The Hall–Kier alpha value is -1.34. The molecule has 0 fully saturated rings. The summed E-state index contributed by atoms with van der Waals surface area (Å²) in [6.07, 6.45) is 0. The minimum Gasteiger partial charge on any atom is -0.493 e. The van der Waals surface area contributed by atoms with Gasteiger partial charge in [-0.1, -0.05) is 20.8 Å². The number of rotatable bonds is 5. The molecule has 0 amide bonds. The molecule has 1 unspecified atom stereocenters. The molecular weight excluding hydrogens is 258 g/mol. The van der Waals surface area contributed by atoms with Crippen LogP contribution in [0.25, 0.3) is 0 Å². The minimum absolute atomic E-state index is 0.140. The van der Waals surface area contributed by atoms with Crippen molar-refractivity contribution in [1.82, 2.24) is 0 Å². The maximum absolute atomic E-state index is 8.85. The topological polar surface area (TPSA) is 42.2 Å². The van der Waals surface area contributed by atoms with E-state index in [1.165, 1.54) is 0 Å². The van der Waals surface area contributed by atoms with Crippen molar-refractivity contribution in [3.05, 3.63) is 23.8 Å². The first-order chi connectivity index (χ1) is 8.92. The second-order valence-electron chi connectivity index (χ2n) is 5.53. The highest BCUT2D eigenvalue weighted by atomic mass is 32.1. The number of hydrogen-bond acceptors (Lipinski definition) is 4. The number of methoxy groups -OCH3 is 1. The summed E-state index contributed by atoms with van der Waals surface area (Å²) in [5.41, 5.74) is 0.701. The highest BCUT2D eigenvalue weighted by molar-refractivity contribution is 7.80. The van der Waals surface area contributed by atoms with E-state index < -0.39 is 0 Å². The third-order valence-corrected chi connectivity index (χ3v) is 3.62. The quantitative estimate of drug-likeness (QED) is 0.838. The first-order valence-corrected chi connectivity index (χ1v) is 6.87. The number of benzene rings is 1. The van der Waals surface area contributed by atoms with Crippen molar-refractivity contribution in [3.63, 3.8) is 0 Å². The van der Waals surface area contributed by atoms with Gasteiger partial charge in [0.2, 0.25) is 0 Å². The molecule has 1 aromatic carbocycles. The number of ether oxygens (including phenoxy) is 2. The molecule has 0 radical (unpaired) electrons. The highest BCUT2D eigenvalue weighted by Gasteiger charge is 2.24. The molecule has 104 valence electrons. The Kier molecular flexibility index (Phi) is 5.56. The van der Waals surface area contributed by atoms with Gasteiger partial charge < -0.3 is 9.47 Å². The molecule has 0 saturated heterocycles. The van der Waals surface area contributed by atoms with E-state index in [4.69, 9.17) is 14.7 Å². The van der Waals surface area contributed by atoms with Crippen LogP contribution in [0.1, 0.15) is 26.3 Å². The van der Waals surface area contributed by atoms with Gasteiger partial charge in [-0.2, -0.15) is 17.9 Å². The summed E-state index contributed by atoms with van der Waals surface area (Å²) in [6.45, 7) is 7.10. The van der Waals surface area contributed by atoms with Gasteiger partial charge in [0.05, 0.1) is 25.3 Å². The fraction of sp³-hybridized carbons (Fsp3) is 0.533. The number of nitrogens with zero attached hydrogens (tertiary/aromatic N) is 1. The van der Waals surface area contributed by atoms with Crippen LogP contribution in [0.15, 0.2) is 18.2 Å². The van der Waals surface area contributed by atoms with Gasteiger partial charge in [0.15, 0.2) is 11.5 Å². The predicted octanol–water partition coefficient (Wildman–Crippen LogP) is 3.54. The molecule has 0 spiro atoms. The summed E-state index contributed by atoms with van der Waals surface area (Å²) < 4.78 is 11.1. The molecule has 0 bridgehead atoms.